The Morgan fingerprint density at radius 2 is 2.00 bits per heavy atom. The number of rotatable bonds is 0. The standard InChI is InChI=1S/C13H22O2/c1-12(2,3)9-6-7-13(15)10(8-9)4-5-11(13)14/h9-10,15H,4-8H2,1-3H3/t9-,10-,13-/m1/s1. The first kappa shape index (κ1) is 11.1. The molecule has 0 amide bonds. The summed E-state index contributed by atoms with van der Waals surface area (Å²) in [7, 11) is 0. The molecule has 0 aromatic heterocycles. The third-order valence-corrected chi connectivity index (χ3v) is 4.55. The maximum Gasteiger partial charge on any atom is 0.164 e. The van der Waals surface area contributed by atoms with E-state index in [1.54, 1.807) is 0 Å². The third kappa shape index (κ3) is 1.73. The van der Waals surface area contributed by atoms with Gasteiger partial charge in [-0.3, -0.25) is 4.79 Å². The predicted molar refractivity (Wildman–Crippen MR) is 59.5 cm³/mol. The van der Waals surface area contributed by atoms with Crippen molar-refractivity contribution in [2.45, 2.75) is 58.5 Å². The molecule has 3 atom stereocenters. The smallest absolute Gasteiger partial charge is 0.164 e. The summed E-state index contributed by atoms with van der Waals surface area (Å²) in [6.45, 7) is 6.79. The van der Waals surface area contributed by atoms with Gasteiger partial charge in [0.1, 0.15) is 5.60 Å². The SMILES string of the molecule is CC(C)(C)[C@@H]1CC[C@]2(O)C(=O)CC[C@@H]2C1. The zero-order valence-electron chi connectivity index (χ0n) is 10.0. The molecule has 1 N–H and O–H groups in total. The molecule has 2 saturated carbocycles. The van der Waals surface area contributed by atoms with E-state index in [9.17, 15) is 9.90 Å². The molecule has 2 fully saturated rings. The molecule has 0 unspecified atom stereocenters. The summed E-state index contributed by atoms with van der Waals surface area (Å²) >= 11 is 0. The van der Waals surface area contributed by atoms with Crippen LogP contribution in [0, 0.1) is 17.3 Å². The fourth-order valence-corrected chi connectivity index (χ4v) is 3.29. The van der Waals surface area contributed by atoms with Gasteiger partial charge in [-0.2, -0.15) is 0 Å². The van der Waals surface area contributed by atoms with Crippen molar-refractivity contribution in [2.24, 2.45) is 17.3 Å². The van der Waals surface area contributed by atoms with E-state index in [1.807, 2.05) is 0 Å². The number of fused-ring (bicyclic) bond motifs is 1. The van der Waals surface area contributed by atoms with Crippen molar-refractivity contribution in [3.63, 3.8) is 0 Å². The van der Waals surface area contributed by atoms with Gasteiger partial charge in [0.25, 0.3) is 0 Å². The highest BCUT2D eigenvalue weighted by Gasteiger charge is 2.52. The van der Waals surface area contributed by atoms with Crippen LogP contribution in [0.3, 0.4) is 0 Å². The van der Waals surface area contributed by atoms with Crippen molar-refractivity contribution in [3.05, 3.63) is 0 Å². The lowest BCUT2D eigenvalue weighted by Gasteiger charge is -2.42. The largest absolute Gasteiger partial charge is 0.382 e. The Morgan fingerprint density at radius 3 is 2.60 bits per heavy atom. The predicted octanol–water partition coefficient (Wildman–Crippen LogP) is 2.54. The molecule has 2 nitrogen and oxygen atoms in total. The summed E-state index contributed by atoms with van der Waals surface area (Å²) in [4.78, 5) is 11.6. The molecule has 86 valence electrons. The fraction of sp³-hybridized carbons (Fsp3) is 0.923. The molecular weight excluding hydrogens is 188 g/mol. The minimum Gasteiger partial charge on any atom is -0.382 e. The highest BCUT2D eigenvalue weighted by atomic mass is 16.3. The minimum atomic E-state index is -0.943. The van der Waals surface area contributed by atoms with Crippen molar-refractivity contribution >= 4 is 5.78 Å². The summed E-state index contributed by atoms with van der Waals surface area (Å²) in [5, 5.41) is 10.3. The Morgan fingerprint density at radius 1 is 1.33 bits per heavy atom. The van der Waals surface area contributed by atoms with Gasteiger partial charge in [0, 0.05) is 6.42 Å². The van der Waals surface area contributed by atoms with Crippen molar-refractivity contribution in [1.29, 1.82) is 0 Å². The second-order valence-electron chi connectivity index (χ2n) is 6.42. The average Bonchev–Trinajstić information content (AvgIpc) is 2.41. The number of carbonyl (C=O) groups excluding carboxylic acids is 1. The van der Waals surface area contributed by atoms with E-state index in [2.05, 4.69) is 20.8 Å². The van der Waals surface area contributed by atoms with Gasteiger partial charge < -0.3 is 5.11 Å². The summed E-state index contributed by atoms with van der Waals surface area (Å²) in [6, 6.07) is 0. The van der Waals surface area contributed by atoms with E-state index in [0.717, 1.165) is 19.3 Å². The van der Waals surface area contributed by atoms with E-state index >= 15 is 0 Å². The van der Waals surface area contributed by atoms with Gasteiger partial charge in [-0.25, -0.2) is 0 Å². The van der Waals surface area contributed by atoms with E-state index in [0.29, 0.717) is 24.2 Å². The zero-order valence-corrected chi connectivity index (χ0v) is 10.0. The summed E-state index contributed by atoms with van der Waals surface area (Å²) in [5.74, 6) is 0.997. The maximum atomic E-state index is 11.6. The molecule has 0 spiro atoms. The van der Waals surface area contributed by atoms with Crippen molar-refractivity contribution in [2.75, 3.05) is 0 Å². The molecule has 0 bridgehead atoms. The van der Waals surface area contributed by atoms with Gasteiger partial charge in [-0.15, -0.1) is 0 Å². The number of Topliss-reactive ketones (excluding diaryl/α,β-unsaturated/α-hetero) is 1. The van der Waals surface area contributed by atoms with Gasteiger partial charge in [-0.05, 0) is 42.9 Å². The summed E-state index contributed by atoms with van der Waals surface area (Å²) < 4.78 is 0. The van der Waals surface area contributed by atoms with Crippen LogP contribution in [0.15, 0.2) is 0 Å². The average molecular weight is 210 g/mol. The van der Waals surface area contributed by atoms with Crippen molar-refractivity contribution < 1.29 is 9.90 Å². The van der Waals surface area contributed by atoms with Gasteiger partial charge in [0.2, 0.25) is 0 Å². The number of hydrogen-bond acceptors (Lipinski definition) is 2. The zero-order chi connectivity index (χ0) is 11.3. The minimum absolute atomic E-state index is 0.0971. The fourth-order valence-electron chi connectivity index (χ4n) is 3.29. The quantitative estimate of drug-likeness (QED) is 0.667. The topological polar surface area (TPSA) is 37.3 Å². The first-order valence-electron chi connectivity index (χ1n) is 6.10. The van der Waals surface area contributed by atoms with E-state index in [4.69, 9.17) is 0 Å². The van der Waals surface area contributed by atoms with Crippen LogP contribution in [-0.4, -0.2) is 16.5 Å². The van der Waals surface area contributed by atoms with Gasteiger partial charge in [0.05, 0.1) is 0 Å². The summed E-state index contributed by atoms with van der Waals surface area (Å²) in [5.41, 5.74) is -0.630. The number of ketones is 1. The molecule has 0 radical (unpaired) electrons. The number of aliphatic hydroxyl groups is 1. The lowest BCUT2D eigenvalue weighted by atomic mass is 9.64. The normalized spacial score (nSPS) is 41.7. The molecule has 0 aromatic rings. The monoisotopic (exact) mass is 210 g/mol. The number of carbonyl (C=O) groups is 1. The van der Waals surface area contributed by atoms with Crippen LogP contribution in [0.25, 0.3) is 0 Å². The molecular formula is C13H22O2. The van der Waals surface area contributed by atoms with Crippen LogP contribution >= 0.6 is 0 Å². The third-order valence-electron chi connectivity index (χ3n) is 4.55. The molecule has 2 aliphatic carbocycles. The Balaban J connectivity index is 2.13. The second-order valence-corrected chi connectivity index (χ2v) is 6.42. The molecule has 15 heavy (non-hydrogen) atoms. The second kappa shape index (κ2) is 3.31. The van der Waals surface area contributed by atoms with E-state index in [1.165, 1.54) is 0 Å². The van der Waals surface area contributed by atoms with Crippen molar-refractivity contribution in [3.8, 4) is 0 Å². The Bertz CT molecular complexity index is 277. The Hall–Kier alpha value is -0.370. The van der Waals surface area contributed by atoms with E-state index in [-0.39, 0.29) is 11.7 Å². The maximum absolute atomic E-state index is 11.6. The highest BCUT2D eigenvalue weighted by molar-refractivity contribution is 5.89. The van der Waals surface area contributed by atoms with Gasteiger partial charge >= 0.3 is 0 Å². The van der Waals surface area contributed by atoms with Crippen LogP contribution in [0.1, 0.15) is 52.9 Å². The summed E-state index contributed by atoms with van der Waals surface area (Å²) in [6.07, 6.45) is 4.23. The lowest BCUT2D eigenvalue weighted by molar-refractivity contribution is -0.142. The molecule has 2 aliphatic rings. The Labute approximate surface area is 92.1 Å². The highest BCUT2D eigenvalue weighted by Crippen LogP contribution is 2.49. The molecule has 0 saturated heterocycles. The van der Waals surface area contributed by atoms with Crippen LogP contribution in [0.5, 0.6) is 0 Å². The van der Waals surface area contributed by atoms with Gasteiger partial charge in [0.15, 0.2) is 5.78 Å². The number of hydrogen-bond donors (Lipinski definition) is 1. The van der Waals surface area contributed by atoms with Crippen LogP contribution in [0.4, 0.5) is 0 Å². The molecule has 2 rings (SSSR count). The Kier molecular flexibility index (Phi) is 2.45. The van der Waals surface area contributed by atoms with Gasteiger partial charge in [-0.1, -0.05) is 20.8 Å². The first-order valence-corrected chi connectivity index (χ1v) is 6.10. The van der Waals surface area contributed by atoms with E-state index < -0.39 is 5.60 Å². The van der Waals surface area contributed by atoms with Crippen LogP contribution < -0.4 is 0 Å². The van der Waals surface area contributed by atoms with Crippen LogP contribution in [-0.2, 0) is 4.79 Å². The molecule has 2 heteroatoms. The molecule has 0 aromatic carbocycles. The lowest BCUT2D eigenvalue weighted by Crippen LogP contribution is -2.46. The molecule has 0 heterocycles. The van der Waals surface area contributed by atoms with Crippen molar-refractivity contribution in [1.82, 2.24) is 0 Å². The van der Waals surface area contributed by atoms with Crippen LogP contribution in [0.2, 0.25) is 0 Å². The molecule has 0 aliphatic heterocycles. The first-order chi connectivity index (χ1) is 6.84.